The fraction of sp³-hybridized carbons (Fsp3) is 0.652. The van der Waals surface area contributed by atoms with Crippen LogP contribution < -0.4 is 0 Å². The smallest absolute Gasteiger partial charge is 0.333 e. The molecule has 2 aliphatic carbocycles. The van der Waals surface area contributed by atoms with Gasteiger partial charge < -0.3 is 13.9 Å². The van der Waals surface area contributed by atoms with Crippen molar-refractivity contribution < 1.29 is 23.5 Å². The van der Waals surface area contributed by atoms with Crippen molar-refractivity contribution in [3.05, 3.63) is 35.8 Å². The van der Waals surface area contributed by atoms with Crippen LogP contribution in [0.15, 0.2) is 34.7 Å². The standard InChI is InChI=1S/C23H32O5/c1-15(24)28-19-13-17(21(25)26-5)18(8-7-16-9-12-27-14-16)23(4)11-6-10-22(2,3)20(19)23/h9,12-14,18-20H,6-8,10-11H2,1-5H3/t18-,19+,20-,23+/m0/s1. The van der Waals surface area contributed by atoms with Gasteiger partial charge in [0.15, 0.2) is 0 Å². The van der Waals surface area contributed by atoms with Crippen molar-refractivity contribution in [3.8, 4) is 0 Å². The lowest BCUT2D eigenvalue weighted by molar-refractivity contribution is -0.163. The van der Waals surface area contributed by atoms with Crippen molar-refractivity contribution in [1.82, 2.24) is 0 Å². The Morgan fingerprint density at radius 1 is 1.25 bits per heavy atom. The second-order valence-electron chi connectivity index (χ2n) is 9.24. The molecule has 4 atom stereocenters. The van der Waals surface area contributed by atoms with Crippen LogP contribution in [0.4, 0.5) is 0 Å². The van der Waals surface area contributed by atoms with Gasteiger partial charge in [-0.2, -0.15) is 0 Å². The average molecular weight is 389 g/mol. The van der Waals surface area contributed by atoms with Gasteiger partial charge in [-0.1, -0.05) is 27.2 Å². The fourth-order valence-electron chi connectivity index (χ4n) is 5.94. The lowest BCUT2D eigenvalue weighted by atomic mass is 9.47. The first-order chi connectivity index (χ1) is 13.2. The normalized spacial score (nSPS) is 31.5. The molecule has 154 valence electrons. The molecule has 0 aliphatic heterocycles. The molecule has 3 rings (SSSR count). The molecule has 0 bridgehead atoms. The van der Waals surface area contributed by atoms with E-state index in [-0.39, 0.29) is 34.6 Å². The highest BCUT2D eigenvalue weighted by atomic mass is 16.5. The summed E-state index contributed by atoms with van der Waals surface area (Å²) in [4.78, 5) is 24.5. The Bertz CT molecular complexity index is 745. The van der Waals surface area contributed by atoms with E-state index in [4.69, 9.17) is 13.9 Å². The Labute approximate surface area is 167 Å². The Kier molecular flexibility index (Phi) is 5.74. The van der Waals surface area contributed by atoms with Crippen molar-refractivity contribution in [3.63, 3.8) is 0 Å². The van der Waals surface area contributed by atoms with Gasteiger partial charge in [0.05, 0.1) is 19.6 Å². The predicted octanol–water partition coefficient (Wildman–Crippen LogP) is 4.71. The number of esters is 2. The highest BCUT2D eigenvalue weighted by Crippen LogP contribution is 2.61. The SMILES string of the molecule is COC(=O)C1=C[C@@H](OC(C)=O)[C@H]2C(C)(C)CCC[C@]2(C)[C@H]1CCc1ccoc1. The predicted molar refractivity (Wildman–Crippen MR) is 105 cm³/mol. The summed E-state index contributed by atoms with van der Waals surface area (Å²) in [5.41, 5.74) is 1.64. The molecule has 1 aromatic rings. The minimum Gasteiger partial charge on any atom is -0.472 e. The zero-order chi connectivity index (χ0) is 20.5. The number of rotatable bonds is 5. The average Bonchev–Trinajstić information content (AvgIpc) is 3.11. The van der Waals surface area contributed by atoms with Crippen LogP contribution in [0.2, 0.25) is 0 Å². The van der Waals surface area contributed by atoms with Crippen LogP contribution in [0.1, 0.15) is 58.9 Å². The van der Waals surface area contributed by atoms with Gasteiger partial charge in [0.1, 0.15) is 6.10 Å². The molecule has 1 saturated carbocycles. The fourth-order valence-corrected chi connectivity index (χ4v) is 5.94. The zero-order valence-corrected chi connectivity index (χ0v) is 17.6. The van der Waals surface area contributed by atoms with Gasteiger partial charge in [0.25, 0.3) is 0 Å². The van der Waals surface area contributed by atoms with E-state index in [1.165, 1.54) is 14.0 Å². The summed E-state index contributed by atoms with van der Waals surface area (Å²) in [6.07, 6.45) is 9.75. The Hall–Kier alpha value is -2.04. The molecule has 0 aromatic carbocycles. The summed E-state index contributed by atoms with van der Waals surface area (Å²) in [7, 11) is 1.41. The molecule has 0 N–H and O–H groups in total. The van der Waals surface area contributed by atoms with Crippen LogP contribution in [0.25, 0.3) is 0 Å². The van der Waals surface area contributed by atoms with Crippen molar-refractivity contribution in [2.24, 2.45) is 22.7 Å². The Morgan fingerprint density at radius 2 is 2.00 bits per heavy atom. The quantitative estimate of drug-likeness (QED) is 0.684. The third-order valence-corrected chi connectivity index (χ3v) is 6.96. The van der Waals surface area contributed by atoms with E-state index < -0.39 is 6.10 Å². The van der Waals surface area contributed by atoms with E-state index in [2.05, 4.69) is 20.8 Å². The maximum Gasteiger partial charge on any atom is 0.333 e. The Morgan fingerprint density at radius 3 is 2.61 bits per heavy atom. The van der Waals surface area contributed by atoms with Gasteiger partial charge in [-0.05, 0) is 60.1 Å². The summed E-state index contributed by atoms with van der Waals surface area (Å²) in [5, 5.41) is 0. The largest absolute Gasteiger partial charge is 0.472 e. The number of methoxy groups -OCH3 is 1. The van der Waals surface area contributed by atoms with E-state index in [9.17, 15) is 9.59 Å². The number of carbonyl (C=O) groups excluding carboxylic acids is 2. The van der Waals surface area contributed by atoms with Crippen molar-refractivity contribution in [2.45, 2.75) is 65.9 Å². The van der Waals surface area contributed by atoms with Crippen LogP contribution >= 0.6 is 0 Å². The highest BCUT2D eigenvalue weighted by molar-refractivity contribution is 5.89. The van der Waals surface area contributed by atoms with Gasteiger partial charge in [-0.3, -0.25) is 4.79 Å². The summed E-state index contributed by atoms with van der Waals surface area (Å²) in [6, 6.07) is 1.97. The first-order valence-corrected chi connectivity index (χ1v) is 10.2. The maximum atomic E-state index is 12.7. The van der Waals surface area contributed by atoms with Crippen LogP contribution in [-0.4, -0.2) is 25.2 Å². The van der Waals surface area contributed by atoms with E-state index >= 15 is 0 Å². The van der Waals surface area contributed by atoms with Gasteiger partial charge >= 0.3 is 11.9 Å². The molecule has 2 aliphatic rings. The first-order valence-electron chi connectivity index (χ1n) is 10.2. The summed E-state index contributed by atoms with van der Waals surface area (Å²) < 4.78 is 16.1. The third kappa shape index (κ3) is 3.76. The lowest BCUT2D eigenvalue weighted by Gasteiger charge is -2.58. The molecular formula is C23H32O5. The monoisotopic (exact) mass is 388 g/mol. The van der Waals surface area contributed by atoms with Gasteiger partial charge in [0.2, 0.25) is 0 Å². The van der Waals surface area contributed by atoms with Crippen molar-refractivity contribution in [1.29, 1.82) is 0 Å². The number of fused-ring (bicyclic) bond motifs is 1. The van der Waals surface area contributed by atoms with Crippen LogP contribution in [0, 0.1) is 22.7 Å². The topological polar surface area (TPSA) is 65.7 Å². The molecule has 28 heavy (non-hydrogen) atoms. The highest BCUT2D eigenvalue weighted by Gasteiger charge is 2.57. The summed E-state index contributed by atoms with van der Waals surface area (Å²) in [6.45, 7) is 8.22. The van der Waals surface area contributed by atoms with Crippen molar-refractivity contribution in [2.75, 3.05) is 7.11 Å². The molecule has 5 nitrogen and oxygen atoms in total. The molecule has 1 heterocycles. The van der Waals surface area contributed by atoms with Crippen LogP contribution in [0.3, 0.4) is 0 Å². The molecule has 0 amide bonds. The number of furan rings is 1. The number of ether oxygens (including phenoxy) is 2. The van der Waals surface area contributed by atoms with E-state index in [1.54, 1.807) is 12.5 Å². The van der Waals surface area contributed by atoms with E-state index in [0.29, 0.717) is 5.57 Å². The van der Waals surface area contributed by atoms with E-state index in [1.807, 2.05) is 12.1 Å². The lowest BCUT2D eigenvalue weighted by Crippen LogP contribution is -2.56. The Balaban J connectivity index is 2.05. The van der Waals surface area contributed by atoms with Crippen LogP contribution in [-0.2, 0) is 25.5 Å². The third-order valence-electron chi connectivity index (χ3n) is 6.96. The number of carbonyl (C=O) groups is 2. The first kappa shape index (κ1) is 20.7. The number of aryl methyl sites for hydroxylation is 1. The second-order valence-corrected chi connectivity index (χ2v) is 9.24. The molecule has 0 unspecified atom stereocenters. The van der Waals surface area contributed by atoms with Gasteiger partial charge in [-0.15, -0.1) is 0 Å². The molecule has 0 radical (unpaired) electrons. The molecule has 1 fully saturated rings. The molecule has 5 heteroatoms. The minimum atomic E-state index is -0.405. The maximum absolute atomic E-state index is 12.7. The zero-order valence-electron chi connectivity index (χ0n) is 17.6. The number of hydrogen-bond donors (Lipinski definition) is 0. The second kappa shape index (κ2) is 7.76. The van der Waals surface area contributed by atoms with Gasteiger partial charge in [0, 0.05) is 18.4 Å². The molecule has 0 saturated heterocycles. The van der Waals surface area contributed by atoms with Gasteiger partial charge in [-0.25, -0.2) is 4.79 Å². The molecular weight excluding hydrogens is 356 g/mol. The minimum absolute atomic E-state index is 0.0131. The summed E-state index contributed by atoms with van der Waals surface area (Å²) >= 11 is 0. The number of hydrogen-bond acceptors (Lipinski definition) is 5. The van der Waals surface area contributed by atoms with Crippen LogP contribution in [0.5, 0.6) is 0 Å². The molecule has 1 aromatic heterocycles. The molecule has 0 spiro atoms. The van der Waals surface area contributed by atoms with E-state index in [0.717, 1.165) is 37.7 Å². The van der Waals surface area contributed by atoms with Crippen molar-refractivity contribution >= 4 is 11.9 Å². The summed E-state index contributed by atoms with van der Waals surface area (Å²) in [5.74, 6) is -0.435.